The first-order valence-corrected chi connectivity index (χ1v) is 16.0. The summed E-state index contributed by atoms with van der Waals surface area (Å²) in [5.41, 5.74) is 2.65. The molecule has 0 saturated heterocycles. The smallest absolute Gasteiger partial charge is 0.338 e. The number of nitrogens with zero attached hydrogens (tertiary/aromatic N) is 4. The average Bonchev–Trinajstić information content (AvgIpc) is 3.53. The molecule has 0 saturated carbocycles. The first-order chi connectivity index (χ1) is 21.4. The van der Waals surface area contributed by atoms with E-state index in [4.69, 9.17) is 18.9 Å². The number of aryl methyl sites for hydroxylation is 1. The van der Waals surface area contributed by atoms with Crippen molar-refractivity contribution in [2.45, 2.75) is 30.1 Å². The topological polar surface area (TPSA) is 109 Å². The summed E-state index contributed by atoms with van der Waals surface area (Å²) in [5.74, 6) is 0.504. The van der Waals surface area contributed by atoms with Crippen LogP contribution in [0.1, 0.15) is 35.5 Å². The van der Waals surface area contributed by atoms with Crippen LogP contribution in [0.15, 0.2) is 107 Å². The quantitative estimate of drug-likeness (QED) is 0.154. The van der Waals surface area contributed by atoms with E-state index in [-0.39, 0.29) is 17.7 Å². The van der Waals surface area contributed by atoms with Gasteiger partial charge in [0.25, 0.3) is 5.56 Å². The summed E-state index contributed by atoms with van der Waals surface area (Å²) in [6.45, 7) is 3.81. The Labute approximate surface area is 268 Å². The zero-order valence-corrected chi connectivity index (χ0v) is 27.0. The fourth-order valence-corrected chi connectivity index (χ4v) is 7.06. The van der Waals surface area contributed by atoms with Gasteiger partial charge in [-0.2, -0.15) is 0 Å². The first kappa shape index (κ1) is 29.8. The lowest BCUT2D eigenvalue weighted by Gasteiger charge is -2.26. The molecule has 222 valence electrons. The van der Waals surface area contributed by atoms with Crippen molar-refractivity contribution in [3.63, 3.8) is 0 Å². The zero-order valence-electron chi connectivity index (χ0n) is 23.8. The van der Waals surface area contributed by atoms with Gasteiger partial charge in [0.2, 0.25) is 0 Å². The Kier molecular flexibility index (Phi) is 8.65. The predicted octanol–water partition coefficient (Wildman–Crippen LogP) is 5.55. The van der Waals surface area contributed by atoms with Crippen LogP contribution in [0.25, 0.3) is 11.8 Å². The number of esters is 1. The summed E-state index contributed by atoms with van der Waals surface area (Å²) < 4.78 is 19.7. The Morgan fingerprint density at radius 1 is 1.16 bits per heavy atom. The maximum atomic E-state index is 14.1. The fourth-order valence-electron chi connectivity index (χ4n) is 4.76. The number of fused-ring (bicyclic) bond motifs is 1. The Hall–Kier alpha value is -4.26. The van der Waals surface area contributed by atoms with E-state index in [9.17, 15) is 9.59 Å². The lowest BCUT2D eigenvalue weighted by Crippen LogP contribution is -2.40. The van der Waals surface area contributed by atoms with Crippen LogP contribution in [-0.2, 0) is 9.53 Å². The molecule has 5 aromatic rings. The van der Waals surface area contributed by atoms with E-state index < -0.39 is 12.0 Å². The van der Waals surface area contributed by atoms with Gasteiger partial charge in [0.05, 0.1) is 40.0 Å². The van der Waals surface area contributed by atoms with E-state index in [1.54, 1.807) is 32.4 Å². The van der Waals surface area contributed by atoms with Gasteiger partial charge >= 0.3 is 5.97 Å². The summed E-state index contributed by atoms with van der Waals surface area (Å²) in [4.78, 5) is 41.8. The lowest BCUT2D eigenvalue weighted by atomic mass is 9.93. The van der Waals surface area contributed by atoms with Crippen molar-refractivity contribution in [3.8, 4) is 5.75 Å². The van der Waals surface area contributed by atoms with Crippen molar-refractivity contribution in [2.24, 2.45) is 4.99 Å². The van der Waals surface area contributed by atoms with Gasteiger partial charge < -0.3 is 13.9 Å². The molecule has 6 rings (SSSR count). The number of benzene rings is 2. The van der Waals surface area contributed by atoms with Gasteiger partial charge in [0.15, 0.2) is 15.1 Å². The van der Waals surface area contributed by atoms with Gasteiger partial charge in [-0.25, -0.2) is 19.8 Å². The van der Waals surface area contributed by atoms with Crippen LogP contribution in [0, 0.1) is 6.92 Å². The second-order valence-corrected chi connectivity index (χ2v) is 12.4. The molecule has 0 amide bonds. The van der Waals surface area contributed by atoms with Crippen molar-refractivity contribution in [3.05, 3.63) is 125 Å². The molecule has 0 radical (unpaired) electrons. The van der Waals surface area contributed by atoms with Gasteiger partial charge in [-0.3, -0.25) is 9.36 Å². The third-order valence-electron chi connectivity index (χ3n) is 6.69. The number of ether oxygens (including phenoxy) is 2. The van der Waals surface area contributed by atoms with Gasteiger partial charge in [-0.15, -0.1) is 0 Å². The monoisotopic (exact) mass is 688 g/mol. The number of rotatable bonds is 8. The van der Waals surface area contributed by atoms with Crippen LogP contribution in [0.4, 0.5) is 0 Å². The minimum absolute atomic E-state index is 0.168. The zero-order chi connectivity index (χ0) is 30.8. The molecule has 3 aromatic heterocycles. The van der Waals surface area contributed by atoms with Crippen molar-refractivity contribution in [2.75, 3.05) is 13.7 Å². The molecule has 0 unspecified atom stereocenters. The summed E-state index contributed by atoms with van der Waals surface area (Å²) in [5, 5.41) is 1.10. The molecule has 1 aliphatic rings. The summed E-state index contributed by atoms with van der Waals surface area (Å²) in [6.07, 6.45) is 3.37. The number of hydrogen-bond acceptors (Lipinski definition) is 10. The van der Waals surface area contributed by atoms with Crippen LogP contribution in [0.2, 0.25) is 0 Å². The highest BCUT2D eigenvalue weighted by Gasteiger charge is 2.35. The molecule has 2 aromatic carbocycles. The SMILES string of the molecule is CCOC(=O)C1=C(c2ccccc2)N=c2s/c(=C/c3cc(Br)c(Sc4nccc(C)n4)o3)c(=O)n2[C@H]1c1cccc(OC)c1. The Bertz CT molecular complexity index is 2090. The van der Waals surface area contributed by atoms with Crippen LogP contribution >= 0.6 is 39.0 Å². The van der Waals surface area contributed by atoms with Crippen LogP contribution in [-0.4, -0.2) is 34.2 Å². The van der Waals surface area contributed by atoms with Crippen LogP contribution in [0.5, 0.6) is 5.75 Å². The molecule has 1 aliphatic heterocycles. The maximum absolute atomic E-state index is 14.1. The highest BCUT2D eigenvalue weighted by molar-refractivity contribution is 9.10. The number of furan rings is 1. The van der Waals surface area contributed by atoms with Crippen molar-refractivity contribution in [1.29, 1.82) is 0 Å². The highest BCUT2D eigenvalue weighted by Crippen LogP contribution is 2.37. The molecular formula is C32H25BrN4O5S2. The summed E-state index contributed by atoms with van der Waals surface area (Å²) in [7, 11) is 1.57. The molecule has 0 aliphatic carbocycles. The molecular weight excluding hydrogens is 664 g/mol. The normalized spacial score (nSPS) is 14.7. The lowest BCUT2D eigenvalue weighted by molar-refractivity contribution is -0.138. The number of carbonyl (C=O) groups excluding carboxylic acids is 1. The Morgan fingerprint density at radius 3 is 2.73 bits per heavy atom. The molecule has 4 heterocycles. The van der Waals surface area contributed by atoms with Gasteiger partial charge in [0.1, 0.15) is 11.5 Å². The second-order valence-electron chi connectivity index (χ2n) is 9.57. The number of aromatic nitrogens is 3. The highest BCUT2D eigenvalue weighted by atomic mass is 79.9. The number of hydrogen-bond donors (Lipinski definition) is 0. The van der Waals surface area contributed by atoms with Crippen molar-refractivity contribution in [1.82, 2.24) is 14.5 Å². The standard InChI is InChI=1S/C32H25BrN4O5S2/c1-4-41-29(39)25-26(19-9-6-5-7-10-19)36-32-37(27(25)20-11-8-12-21(15-20)40-3)28(38)24(43-32)17-22-16-23(33)30(42-22)44-31-34-14-13-18(2)35-31/h5-17,27H,4H2,1-3H3/b24-17+/t27-/m0/s1. The van der Waals surface area contributed by atoms with Crippen LogP contribution < -0.4 is 19.6 Å². The molecule has 0 bridgehead atoms. The minimum atomic E-state index is -0.814. The maximum Gasteiger partial charge on any atom is 0.338 e. The molecule has 44 heavy (non-hydrogen) atoms. The number of methoxy groups -OCH3 is 1. The second kappa shape index (κ2) is 12.8. The first-order valence-electron chi connectivity index (χ1n) is 13.6. The largest absolute Gasteiger partial charge is 0.497 e. The van der Waals surface area contributed by atoms with E-state index in [1.807, 2.05) is 67.6 Å². The Balaban J connectivity index is 1.54. The molecule has 1 atom stereocenters. The van der Waals surface area contributed by atoms with Crippen LogP contribution in [0.3, 0.4) is 0 Å². The number of halogens is 1. The van der Waals surface area contributed by atoms with Gasteiger partial charge in [-0.1, -0.05) is 53.8 Å². The number of thiazole rings is 1. The third-order valence-corrected chi connectivity index (χ3v) is 9.39. The minimum Gasteiger partial charge on any atom is -0.497 e. The molecule has 9 nitrogen and oxygen atoms in total. The molecule has 0 fully saturated rings. The van der Waals surface area contributed by atoms with E-state index >= 15 is 0 Å². The van der Waals surface area contributed by atoms with E-state index in [0.29, 0.717) is 46.8 Å². The van der Waals surface area contributed by atoms with Gasteiger partial charge in [-0.05, 0) is 71.4 Å². The number of carbonyl (C=O) groups is 1. The van der Waals surface area contributed by atoms with Crippen molar-refractivity contribution < 1.29 is 18.7 Å². The van der Waals surface area contributed by atoms with Crippen molar-refractivity contribution >= 4 is 56.8 Å². The molecule has 0 N–H and O–H groups in total. The van der Waals surface area contributed by atoms with E-state index in [2.05, 4.69) is 25.9 Å². The average molecular weight is 690 g/mol. The summed E-state index contributed by atoms with van der Waals surface area (Å²) >= 11 is 6.04. The summed E-state index contributed by atoms with van der Waals surface area (Å²) in [6, 6.07) is 19.5. The third kappa shape index (κ3) is 5.92. The van der Waals surface area contributed by atoms with E-state index in [1.165, 1.54) is 27.7 Å². The fraction of sp³-hybridized carbons (Fsp3) is 0.156. The molecule has 0 spiro atoms. The van der Waals surface area contributed by atoms with E-state index in [0.717, 1.165) is 11.3 Å². The predicted molar refractivity (Wildman–Crippen MR) is 171 cm³/mol. The Morgan fingerprint density at radius 2 is 1.98 bits per heavy atom. The molecule has 12 heteroatoms. The van der Waals surface area contributed by atoms with Gasteiger partial charge in [0, 0.05) is 23.5 Å².